The average molecular weight is 364 g/mol. The standard InChI is InChI=1S/C22H24N2O3/c1-15(2)11-24-13-18(17-6-4-5-7-19(17)24)22(25)23(3)12-16-8-9-20-21(10-16)27-14-26-20/h4-10,13,15H,11-12,14H2,1-3H3. The summed E-state index contributed by atoms with van der Waals surface area (Å²) >= 11 is 0. The van der Waals surface area contributed by atoms with Crippen molar-refractivity contribution in [3.8, 4) is 11.5 Å². The highest BCUT2D eigenvalue weighted by Gasteiger charge is 2.20. The van der Waals surface area contributed by atoms with Gasteiger partial charge < -0.3 is 18.9 Å². The Morgan fingerprint density at radius 1 is 1.15 bits per heavy atom. The molecule has 4 rings (SSSR count). The number of aromatic nitrogens is 1. The Hall–Kier alpha value is -2.95. The van der Waals surface area contributed by atoms with Crippen molar-refractivity contribution in [1.82, 2.24) is 9.47 Å². The third-order valence-electron chi connectivity index (χ3n) is 4.78. The highest BCUT2D eigenvalue weighted by atomic mass is 16.7. The van der Waals surface area contributed by atoms with Crippen LogP contribution in [0.1, 0.15) is 29.8 Å². The van der Waals surface area contributed by atoms with Crippen molar-refractivity contribution in [2.24, 2.45) is 5.92 Å². The maximum absolute atomic E-state index is 13.2. The van der Waals surface area contributed by atoms with E-state index in [1.807, 2.05) is 49.6 Å². The van der Waals surface area contributed by atoms with Crippen LogP contribution in [0.5, 0.6) is 11.5 Å². The summed E-state index contributed by atoms with van der Waals surface area (Å²) in [6.07, 6.45) is 1.99. The molecule has 2 aromatic carbocycles. The first-order valence-corrected chi connectivity index (χ1v) is 9.25. The smallest absolute Gasteiger partial charge is 0.256 e. The van der Waals surface area contributed by atoms with Crippen LogP contribution in [0.15, 0.2) is 48.7 Å². The molecule has 1 aliphatic rings. The number of amides is 1. The number of ether oxygens (including phenoxy) is 2. The van der Waals surface area contributed by atoms with E-state index in [-0.39, 0.29) is 12.7 Å². The van der Waals surface area contributed by atoms with Gasteiger partial charge in [0.15, 0.2) is 11.5 Å². The van der Waals surface area contributed by atoms with Gasteiger partial charge in [-0.2, -0.15) is 0 Å². The molecule has 140 valence electrons. The molecular weight excluding hydrogens is 340 g/mol. The van der Waals surface area contributed by atoms with Crippen molar-refractivity contribution < 1.29 is 14.3 Å². The highest BCUT2D eigenvalue weighted by molar-refractivity contribution is 6.06. The summed E-state index contributed by atoms with van der Waals surface area (Å²) in [5.74, 6) is 2.02. The van der Waals surface area contributed by atoms with Gasteiger partial charge in [-0.1, -0.05) is 38.1 Å². The average Bonchev–Trinajstić information content (AvgIpc) is 3.25. The second kappa shape index (κ2) is 6.99. The minimum atomic E-state index is 0.0198. The number of benzene rings is 2. The monoisotopic (exact) mass is 364 g/mol. The molecule has 1 amide bonds. The van der Waals surface area contributed by atoms with E-state index in [1.165, 1.54) is 0 Å². The number of carbonyl (C=O) groups is 1. The van der Waals surface area contributed by atoms with Crippen LogP contribution in [0.25, 0.3) is 10.9 Å². The second-order valence-corrected chi connectivity index (χ2v) is 7.45. The molecule has 0 radical (unpaired) electrons. The predicted molar refractivity (Wildman–Crippen MR) is 105 cm³/mol. The van der Waals surface area contributed by atoms with E-state index in [0.717, 1.165) is 40.1 Å². The molecule has 1 aromatic heterocycles. The lowest BCUT2D eigenvalue weighted by Gasteiger charge is -2.17. The molecule has 0 spiro atoms. The predicted octanol–water partition coefficient (Wildman–Crippen LogP) is 4.30. The third kappa shape index (κ3) is 3.37. The summed E-state index contributed by atoms with van der Waals surface area (Å²) in [7, 11) is 1.83. The largest absolute Gasteiger partial charge is 0.454 e. The van der Waals surface area contributed by atoms with E-state index < -0.39 is 0 Å². The SMILES string of the molecule is CC(C)Cn1cc(C(=O)N(C)Cc2ccc3c(c2)OCO3)c2ccccc21. The van der Waals surface area contributed by atoms with Crippen LogP contribution in [0, 0.1) is 5.92 Å². The normalized spacial score (nSPS) is 12.7. The molecule has 0 unspecified atom stereocenters. The number of hydrogen-bond donors (Lipinski definition) is 0. The quantitative estimate of drug-likeness (QED) is 0.678. The fourth-order valence-electron chi connectivity index (χ4n) is 3.55. The maximum Gasteiger partial charge on any atom is 0.256 e. The minimum Gasteiger partial charge on any atom is -0.454 e. The summed E-state index contributed by atoms with van der Waals surface area (Å²) in [6, 6.07) is 13.9. The van der Waals surface area contributed by atoms with Crippen LogP contribution in [0.4, 0.5) is 0 Å². The van der Waals surface area contributed by atoms with Gasteiger partial charge in [0.2, 0.25) is 6.79 Å². The summed E-state index contributed by atoms with van der Waals surface area (Å²) < 4.78 is 13.0. The first kappa shape index (κ1) is 17.5. The molecule has 2 heterocycles. The zero-order valence-electron chi connectivity index (χ0n) is 15.9. The van der Waals surface area contributed by atoms with Crippen molar-refractivity contribution in [2.75, 3.05) is 13.8 Å². The van der Waals surface area contributed by atoms with Crippen LogP contribution in [-0.4, -0.2) is 29.2 Å². The first-order chi connectivity index (χ1) is 13.0. The van der Waals surface area contributed by atoms with E-state index in [9.17, 15) is 4.79 Å². The lowest BCUT2D eigenvalue weighted by Crippen LogP contribution is -2.26. The molecule has 0 N–H and O–H groups in total. The van der Waals surface area contributed by atoms with Gasteiger partial charge in [0.1, 0.15) is 0 Å². The Bertz CT molecular complexity index is 990. The van der Waals surface area contributed by atoms with Gasteiger partial charge >= 0.3 is 0 Å². The van der Waals surface area contributed by atoms with Crippen LogP contribution >= 0.6 is 0 Å². The zero-order valence-corrected chi connectivity index (χ0v) is 15.9. The van der Waals surface area contributed by atoms with Crippen LogP contribution in [0.3, 0.4) is 0 Å². The number of carbonyl (C=O) groups excluding carboxylic acids is 1. The van der Waals surface area contributed by atoms with Crippen LogP contribution in [0.2, 0.25) is 0 Å². The van der Waals surface area contributed by atoms with Crippen molar-refractivity contribution in [3.05, 3.63) is 59.8 Å². The van der Waals surface area contributed by atoms with E-state index in [1.54, 1.807) is 4.90 Å². The molecule has 27 heavy (non-hydrogen) atoms. The fourth-order valence-corrected chi connectivity index (χ4v) is 3.55. The molecule has 3 aromatic rings. The molecule has 0 fully saturated rings. The summed E-state index contributed by atoms with van der Waals surface area (Å²) in [4.78, 5) is 14.9. The van der Waals surface area contributed by atoms with E-state index in [2.05, 4.69) is 24.5 Å². The molecule has 5 heteroatoms. The molecule has 0 saturated carbocycles. The third-order valence-corrected chi connectivity index (χ3v) is 4.78. The van der Waals surface area contributed by atoms with Gasteiger partial charge in [-0.05, 0) is 29.7 Å². The van der Waals surface area contributed by atoms with E-state index in [0.29, 0.717) is 12.5 Å². The van der Waals surface area contributed by atoms with Gasteiger partial charge in [0.25, 0.3) is 5.91 Å². The Morgan fingerprint density at radius 3 is 2.74 bits per heavy atom. The lowest BCUT2D eigenvalue weighted by atomic mass is 10.1. The molecule has 0 atom stereocenters. The first-order valence-electron chi connectivity index (χ1n) is 9.25. The summed E-state index contributed by atoms with van der Waals surface area (Å²) in [5.41, 5.74) is 2.86. The second-order valence-electron chi connectivity index (χ2n) is 7.45. The molecule has 0 aliphatic carbocycles. The van der Waals surface area contributed by atoms with Crippen molar-refractivity contribution in [1.29, 1.82) is 0 Å². The van der Waals surface area contributed by atoms with Gasteiger partial charge in [-0.25, -0.2) is 0 Å². The summed E-state index contributed by atoms with van der Waals surface area (Å²) in [6.45, 7) is 6.02. The Morgan fingerprint density at radius 2 is 1.93 bits per heavy atom. The fraction of sp³-hybridized carbons (Fsp3) is 0.318. The van der Waals surface area contributed by atoms with Crippen LogP contribution < -0.4 is 9.47 Å². The van der Waals surface area contributed by atoms with Gasteiger partial charge in [0.05, 0.1) is 5.56 Å². The van der Waals surface area contributed by atoms with Gasteiger partial charge in [0, 0.05) is 37.2 Å². The molecule has 1 aliphatic heterocycles. The molecule has 5 nitrogen and oxygen atoms in total. The molecular formula is C22H24N2O3. The number of fused-ring (bicyclic) bond motifs is 2. The Kier molecular flexibility index (Phi) is 4.52. The van der Waals surface area contributed by atoms with Crippen LogP contribution in [-0.2, 0) is 13.1 Å². The van der Waals surface area contributed by atoms with E-state index >= 15 is 0 Å². The van der Waals surface area contributed by atoms with Crippen molar-refractivity contribution >= 4 is 16.8 Å². The number of para-hydroxylation sites is 1. The molecule has 0 bridgehead atoms. The Balaban J connectivity index is 1.60. The Labute approximate surface area is 159 Å². The highest BCUT2D eigenvalue weighted by Crippen LogP contribution is 2.33. The van der Waals surface area contributed by atoms with Gasteiger partial charge in [-0.15, -0.1) is 0 Å². The zero-order chi connectivity index (χ0) is 19.0. The number of rotatable bonds is 5. The molecule has 0 saturated heterocycles. The minimum absolute atomic E-state index is 0.0198. The number of nitrogens with zero attached hydrogens (tertiary/aromatic N) is 2. The topological polar surface area (TPSA) is 43.7 Å². The van der Waals surface area contributed by atoms with E-state index in [4.69, 9.17) is 9.47 Å². The van der Waals surface area contributed by atoms with Crippen molar-refractivity contribution in [2.45, 2.75) is 26.9 Å². The number of hydrogen-bond acceptors (Lipinski definition) is 3. The van der Waals surface area contributed by atoms with Crippen molar-refractivity contribution in [3.63, 3.8) is 0 Å². The van der Waals surface area contributed by atoms with Gasteiger partial charge in [-0.3, -0.25) is 4.79 Å². The maximum atomic E-state index is 13.2. The summed E-state index contributed by atoms with van der Waals surface area (Å²) in [5, 5.41) is 1.00. The lowest BCUT2D eigenvalue weighted by molar-refractivity contribution is 0.0786.